The first-order chi connectivity index (χ1) is 15.8. The van der Waals surface area contributed by atoms with Crippen molar-refractivity contribution in [2.24, 2.45) is 5.92 Å². The Labute approximate surface area is 190 Å². The van der Waals surface area contributed by atoms with Crippen molar-refractivity contribution < 1.29 is 18.3 Å². The van der Waals surface area contributed by atoms with E-state index in [9.17, 15) is 13.6 Å². The SMILES string of the molecule is COc1ccc(C(=O)N2C3CCC2C(Cc2ccc(C(C)(F)F)cn2)C3)c(-n2nccn2)c1. The Morgan fingerprint density at radius 2 is 1.97 bits per heavy atom. The third-order valence-electron chi connectivity index (χ3n) is 6.77. The summed E-state index contributed by atoms with van der Waals surface area (Å²) in [5.41, 5.74) is 1.79. The Hall–Kier alpha value is -3.36. The molecule has 2 saturated heterocycles. The van der Waals surface area contributed by atoms with Crippen molar-refractivity contribution in [3.05, 3.63) is 65.7 Å². The van der Waals surface area contributed by atoms with E-state index in [2.05, 4.69) is 15.2 Å². The fourth-order valence-electron chi connectivity index (χ4n) is 5.19. The zero-order chi connectivity index (χ0) is 23.2. The molecule has 7 nitrogen and oxygen atoms in total. The Bertz CT molecular complexity index is 1140. The van der Waals surface area contributed by atoms with Gasteiger partial charge in [-0.1, -0.05) is 0 Å². The van der Waals surface area contributed by atoms with Gasteiger partial charge in [-0.15, -0.1) is 0 Å². The molecule has 3 atom stereocenters. The number of carbonyl (C=O) groups excluding carboxylic acids is 1. The quantitative estimate of drug-likeness (QED) is 0.564. The molecule has 2 fully saturated rings. The molecule has 2 aliphatic rings. The minimum Gasteiger partial charge on any atom is -0.497 e. The highest BCUT2D eigenvalue weighted by molar-refractivity contribution is 5.98. The number of aromatic nitrogens is 4. The van der Waals surface area contributed by atoms with Crippen molar-refractivity contribution in [2.45, 2.75) is 50.6 Å². The topological polar surface area (TPSA) is 73.1 Å². The number of rotatable bonds is 6. The highest BCUT2D eigenvalue weighted by atomic mass is 19.3. The predicted molar refractivity (Wildman–Crippen MR) is 117 cm³/mol. The van der Waals surface area contributed by atoms with E-state index in [-0.39, 0.29) is 29.5 Å². The second kappa shape index (κ2) is 8.20. The van der Waals surface area contributed by atoms with Gasteiger partial charge >= 0.3 is 0 Å². The number of nitrogens with zero attached hydrogens (tertiary/aromatic N) is 5. The average Bonchev–Trinajstić information content (AvgIpc) is 3.55. The van der Waals surface area contributed by atoms with Crippen LogP contribution in [0.15, 0.2) is 48.9 Å². The molecule has 0 saturated carbocycles. The standard InChI is InChI=1S/C24H25F2N5O2/c1-24(25,26)16-3-4-17(27-14-16)11-15-12-18-5-8-21(15)30(18)23(32)20-7-6-19(33-2)13-22(20)31-28-9-10-29-31/h3-4,6-7,9-10,13-15,18,21H,5,8,11-12H2,1-2H3. The molecule has 0 aliphatic carbocycles. The first-order valence-corrected chi connectivity index (χ1v) is 11.1. The van der Waals surface area contributed by atoms with Crippen LogP contribution in [-0.2, 0) is 12.3 Å². The number of amides is 1. The van der Waals surface area contributed by atoms with Crippen LogP contribution in [-0.4, -0.2) is 50.0 Å². The van der Waals surface area contributed by atoms with Crippen LogP contribution in [0.2, 0.25) is 0 Å². The number of hydrogen-bond acceptors (Lipinski definition) is 5. The molecule has 3 aromatic rings. The van der Waals surface area contributed by atoms with E-state index in [1.54, 1.807) is 43.8 Å². The van der Waals surface area contributed by atoms with Gasteiger partial charge in [-0.3, -0.25) is 9.78 Å². The molecular formula is C24H25F2N5O2. The van der Waals surface area contributed by atoms with Crippen LogP contribution in [0, 0.1) is 5.92 Å². The number of halogens is 2. The van der Waals surface area contributed by atoms with Gasteiger partial charge < -0.3 is 9.64 Å². The maximum Gasteiger partial charge on any atom is 0.272 e. The van der Waals surface area contributed by atoms with Crippen molar-refractivity contribution in [1.29, 1.82) is 0 Å². The highest BCUT2D eigenvalue weighted by Crippen LogP contribution is 2.44. The number of alkyl halides is 2. The van der Waals surface area contributed by atoms with Crippen LogP contribution in [0.3, 0.4) is 0 Å². The predicted octanol–water partition coefficient (Wildman–Crippen LogP) is 4.02. The molecule has 2 bridgehead atoms. The van der Waals surface area contributed by atoms with E-state index < -0.39 is 5.92 Å². The van der Waals surface area contributed by atoms with Gasteiger partial charge in [0.15, 0.2) is 0 Å². The Morgan fingerprint density at radius 3 is 2.64 bits per heavy atom. The van der Waals surface area contributed by atoms with Gasteiger partial charge in [-0.2, -0.15) is 15.0 Å². The smallest absolute Gasteiger partial charge is 0.272 e. The first-order valence-electron chi connectivity index (χ1n) is 11.1. The molecular weight excluding hydrogens is 428 g/mol. The summed E-state index contributed by atoms with van der Waals surface area (Å²) in [6.45, 7) is 0.870. The molecule has 172 valence electrons. The lowest BCUT2D eigenvalue weighted by Crippen LogP contribution is -2.37. The van der Waals surface area contributed by atoms with E-state index >= 15 is 0 Å². The third-order valence-corrected chi connectivity index (χ3v) is 6.77. The summed E-state index contributed by atoms with van der Waals surface area (Å²) in [5, 5.41) is 8.40. The van der Waals surface area contributed by atoms with E-state index in [1.165, 1.54) is 17.1 Å². The van der Waals surface area contributed by atoms with Crippen molar-refractivity contribution in [1.82, 2.24) is 24.9 Å². The lowest BCUT2D eigenvalue weighted by molar-refractivity contribution is 0.0171. The summed E-state index contributed by atoms with van der Waals surface area (Å²) < 4.78 is 32.3. The third kappa shape index (κ3) is 3.96. The van der Waals surface area contributed by atoms with Crippen molar-refractivity contribution in [2.75, 3.05) is 7.11 Å². The molecule has 2 aliphatic heterocycles. The van der Waals surface area contributed by atoms with Crippen LogP contribution in [0.25, 0.3) is 5.69 Å². The van der Waals surface area contributed by atoms with Crippen LogP contribution in [0.5, 0.6) is 5.75 Å². The van der Waals surface area contributed by atoms with Crippen LogP contribution >= 0.6 is 0 Å². The van der Waals surface area contributed by atoms with Crippen molar-refractivity contribution in [3.63, 3.8) is 0 Å². The second-order valence-electron chi connectivity index (χ2n) is 8.84. The van der Waals surface area contributed by atoms with Gasteiger partial charge in [0.05, 0.1) is 25.1 Å². The molecule has 33 heavy (non-hydrogen) atoms. The zero-order valence-electron chi connectivity index (χ0n) is 18.5. The van der Waals surface area contributed by atoms with Gasteiger partial charge in [0.1, 0.15) is 11.4 Å². The number of benzene rings is 1. The lowest BCUT2D eigenvalue weighted by atomic mass is 9.86. The zero-order valence-corrected chi connectivity index (χ0v) is 18.5. The van der Waals surface area contributed by atoms with Crippen LogP contribution < -0.4 is 4.74 Å². The average molecular weight is 453 g/mol. The number of pyridine rings is 1. The number of methoxy groups -OCH3 is 1. The maximum absolute atomic E-state index is 13.7. The Morgan fingerprint density at radius 1 is 1.18 bits per heavy atom. The molecule has 1 amide bonds. The molecule has 0 N–H and O–H groups in total. The molecule has 2 aromatic heterocycles. The molecule has 4 heterocycles. The summed E-state index contributed by atoms with van der Waals surface area (Å²) in [5.74, 6) is -2.08. The summed E-state index contributed by atoms with van der Waals surface area (Å²) in [7, 11) is 1.57. The maximum atomic E-state index is 13.7. The van der Waals surface area contributed by atoms with Crippen molar-refractivity contribution >= 4 is 5.91 Å². The number of hydrogen-bond donors (Lipinski definition) is 0. The minimum absolute atomic E-state index is 0.0473. The number of fused-ring (bicyclic) bond motifs is 2. The van der Waals surface area contributed by atoms with E-state index in [4.69, 9.17) is 4.74 Å². The fourth-order valence-corrected chi connectivity index (χ4v) is 5.19. The molecule has 0 spiro atoms. The second-order valence-corrected chi connectivity index (χ2v) is 8.84. The van der Waals surface area contributed by atoms with E-state index in [0.29, 0.717) is 23.4 Å². The van der Waals surface area contributed by atoms with E-state index in [1.807, 2.05) is 4.90 Å². The molecule has 1 aromatic carbocycles. The minimum atomic E-state index is -2.90. The largest absolute Gasteiger partial charge is 0.497 e. The lowest BCUT2D eigenvalue weighted by Gasteiger charge is -2.25. The van der Waals surface area contributed by atoms with Crippen molar-refractivity contribution in [3.8, 4) is 11.4 Å². The van der Waals surface area contributed by atoms with Gasteiger partial charge in [-0.05, 0) is 55.9 Å². The summed E-state index contributed by atoms with van der Waals surface area (Å²) in [6.07, 6.45) is 7.83. The molecule has 9 heteroatoms. The molecule has 0 radical (unpaired) electrons. The summed E-state index contributed by atoms with van der Waals surface area (Å²) in [6, 6.07) is 8.67. The Balaban J connectivity index is 1.38. The molecule has 5 rings (SSSR count). The van der Waals surface area contributed by atoms with Gasteiger partial charge in [-0.25, -0.2) is 8.78 Å². The van der Waals surface area contributed by atoms with Crippen LogP contribution in [0.1, 0.15) is 47.8 Å². The first kappa shape index (κ1) is 21.5. The normalized spacial score (nSPS) is 22.1. The summed E-state index contributed by atoms with van der Waals surface area (Å²) in [4.78, 5) is 21.4. The number of carbonyl (C=O) groups is 1. The number of ether oxygens (including phenoxy) is 1. The van der Waals surface area contributed by atoms with Gasteiger partial charge in [0, 0.05) is 42.5 Å². The van der Waals surface area contributed by atoms with Crippen LogP contribution in [0.4, 0.5) is 8.78 Å². The highest BCUT2D eigenvalue weighted by Gasteiger charge is 2.48. The molecule has 3 unspecified atom stereocenters. The van der Waals surface area contributed by atoms with Gasteiger partial charge in [0.2, 0.25) is 0 Å². The van der Waals surface area contributed by atoms with E-state index in [0.717, 1.165) is 31.9 Å². The summed E-state index contributed by atoms with van der Waals surface area (Å²) >= 11 is 0. The fraction of sp³-hybridized carbons (Fsp3) is 0.417. The van der Waals surface area contributed by atoms with Gasteiger partial charge in [0.25, 0.3) is 11.8 Å². The Kier molecular flexibility index (Phi) is 5.34. The monoisotopic (exact) mass is 453 g/mol.